The van der Waals surface area contributed by atoms with Crippen LogP contribution in [0.3, 0.4) is 0 Å². The Morgan fingerprint density at radius 2 is 2.14 bits per heavy atom. The number of ether oxygens (including phenoxy) is 1. The van der Waals surface area contributed by atoms with E-state index in [1.165, 1.54) is 0 Å². The van der Waals surface area contributed by atoms with Crippen LogP contribution in [-0.4, -0.2) is 64.1 Å². The van der Waals surface area contributed by atoms with Crippen LogP contribution in [0.4, 0.5) is 5.82 Å². The molecule has 0 saturated carbocycles. The third-order valence-corrected chi connectivity index (χ3v) is 5.57. The number of aromatic nitrogens is 4. The van der Waals surface area contributed by atoms with Crippen LogP contribution in [0.25, 0.3) is 10.6 Å². The molecule has 1 fully saturated rings. The van der Waals surface area contributed by atoms with E-state index in [0.29, 0.717) is 24.7 Å². The molecule has 9 heteroatoms. The Hall–Kier alpha value is -2.94. The van der Waals surface area contributed by atoms with Crippen LogP contribution in [0.1, 0.15) is 16.9 Å². The Morgan fingerprint density at radius 1 is 1.29 bits per heavy atom. The molecule has 8 nitrogen and oxygen atoms in total. The average Bonchev–Trinajstić information content (AvgIpc) is 3.42. The van der Waals surface area contributed by atoms with Gasteiger partial charge < -0.3 is 14.5 Å². The largest absolute Gasteiger partial charge is 0.471 e. The third kappa shape index (κ3) is 3.70. The van der Waals surface area contributed by atoms with Gasteiger partial charge in [-0.3, -0.25) is 9.48 Å². The normalized spacial score (nSPS) is 16.4. The van der Waals surface area contributed by atoms with Crippen LogP contribution in [0.5, 0.6) is 5.88 Å². The van der Waals surface area contributed by atoms with E-state index in [9.17, 15) is 4.79 Å². The van der Waals surface area contributed by atoms with Crippen molar-refractivity contribution in [3.63, 3.8) is 0 Å². The number of aryl methyl sites for hydroxylation is 1. The zero-order chi connectivity index (χ0) is 19.7. The van der Waals surface area contributed by atoms with Gasteiger partial charge in [-0.15, -0.1) is 21.5 Å². The maximum Gasteiger partial charge on any atom is 0.272 e. The summed E-state index contributed by atoms with van der Waals surface area (Å²) in [4.78, 5) is 17.7. The lowest BCUT2D eigenvalue weighted by Gasteiger charge is -2.17. The van der Waals surface area contributed by atoms with E-state index in [0.717, 1.165) is 22.8 Å². The first-order valence-electron chi connectivity index (χ1n) is 9.06. The van der Waals surface area contributed by atoms with Gasteiger partial charge in [-0.2, -0.15) is 5.10 Å². The Labute approximate surface area is 167 Å². The van der Waals surface area contributed by atoms with Crippen molar-refractivity contribution in [1.82, 2.24) is 24.9 Å². The van der Waals surface area contributed by atoms with Crippen molar-refractivity contribution in [3.8, 4) is 16.5 Å². The summed E-state index contributed by atoms with van der Waals surface area (Å²) in [5.41, 5.74) is 1.41. The fraction of sp³-hybridized carbons (Fsp3) is 0.368. The van der Waals surface area contributed by atoms with Gasteiger partial charge in [-0.1, -0.05) is 6.07 Å². The second-order valence-corrected chi connectivity index (χ2v) is 7.87. The lowest BCUT2D eigenvalue weighted by molar-refractivity contribution is 0.0760. The molecule has 0 aromatic carbocycles. The smallest absolute Gasteiger partial charge is 0.272 e. The van der Waals surface area contributed by atoms with Gasteiger partial charge in [0.05, 0.1) is 11.4 Å². The molecular formula is C19H22N6O2S. The molecule has 1 atom stereocenters. The number of likely N-dealkylation sites (tertiary alicyclic amines) is 1. The molecule has 3 aromatic heterocycles. The summed E-state index contributed by atoms with van der Waals surface area (Å²) in [7, 11) is 5.62. The van der Waals surface area contributed by atoms with Crippen molar-refractivity contribution in [2.24, 2.45) is 7.05 Å². The summed E-state index contributed by atoms with van der Waals surface area (Å²) < 4.78 is 7.56. The van der Waals surface area contributed by atoms with Gasteiger partial charge in [-0.25, -0.2) is 0 Å². The zero-order valence-electron chi connectivity index (χ0n) is 16.1. The molecule has 28 heavy (non-hydrogen) atoms. The first-order chi connectivity index (χ1) is 13.5. The number of amides is 1. The van der Waals surface area contributed by atoms with Crippen LogP contribution in [0.15, 0.2) is 35.7 Å². The van der Waals surface area contributed by atoms with Crippen LogP contribution < -0.4 is 9.64 Å². The van der Waals surface area contributed by atoms with Crippen LogP contribution in [0, 0.1) is 0 Å². The fourth-order valence-corrected chi connectivity index (χ4v) is 3.85. The minimum absolute atomic E-state index is 0.0297. The molecule has 1 aliphatic rings. The molecule has 0 spiro atoms. The number of anilines is 1. The highest BCUT2D eigenvalue weighted by atomic mass is 32.1. The molecule has 4 rings (SSSR count). The number of nitrogens with zero attached hydrogens (tertiary/aromatic N) is 6. The average molecular weight is 398 g/mol. The molecule has 0 radical (unpaired) electrons. The Morgan fingerprint density at radius 3 is 2.82 bits per heavy atom. The second kappa shape index (κ2) is 7.59. The lowest BCUT2D eigenvalue weighted by Crippen LogP contribution is -2.32. The third-order valence-electron chi connectivity index (χ3n) is 4.68. The number of hydrogen-bond donors (Lipinski definition) is 0. The number of rotatable bonds is 5. The topological polar surface area (TPSA) is 76.4 Å². The monoisotopic (exact) mass is 398 g/mol. The molecule has 0 N–H and O–H groups in total. The molecule has 0 bridgehead atoms. The number of hydrogen-bond acceptors (Lipinski definition) is 7. The van der Waals surface area contributed by atoms with Gasteiger partial charge in [0, 0.05) is 40.2 Å². The number of carbonyl (C=O) groups excluding carboxylic acids is 1. The highest BCUT2D eigenvalue weighted by Gasteiger charge is 2.30. The van der Waals surface area contributed by atoms with Gasteiger partial charge in [0.2, 0.25) is 5.88 Å². The zero-order valence-corrected chi connectivity index (χ0v) is 16.9. The summed E-state index contributed by atoms with van der Waals surface area (Å²) in [6.45, 7) is 1.17. The predicted octanol–water partition coefficient (Wildman–Crippen LogP) is 2.30. The summed E-state index contributed by atoms with van der Waals surface area (Å²) >= 11 is 1.61. The van der Waals surface area contributed by atoms with Gasteiger partial charge in [-0.05, 0) is 23.6 Å². The highest BCUT2D eigenvalue weighted by molar-refractivity contribution is 7.13. The van der Waals surface area contributed by atoms with Crippen LogP contribution >= 0.6 is 11.3 Å². The number of carbonyl (C=O) groups is 1. The quantitative estimate of drug-likeness (QED) is 0.656. The van der Waals surface area contributed by atoms with Crippen molar-refractivity contribution in [2.75, 3.05) is 32.1 Å². The highest BCUT2D eigenvalue weighted by Crippen LogP contribution is 2.25. The van der Waals surface area contributed by atoms with Gasteiger partial charge >= 0.3 is 0 Å². The Kier molecular flexibility index (Phi) is 4.99. The summed E-state index contributed by atoms with van der Waals surface area (Å²) in [5, 5.41) is 14.7. The molecule has 1 aliphatic heterocycles. The van der Waals surface area contributed by atoms with E-state index in [2.05, 4.69) is 15.3 Å². The Balaban J connectivity index is 1.40. The minimum atomic E-state index is -0.0894. The number of thiophene rings is 1. The lowest BCUT2D eigenvalue weighted by atomic mass is 10.3. The van der Waals surface area contributed by atoms with Crippen molar-refractivity contribution in [3.05, 3.63) is 41.4 Å². The molecule has 4 heterocycles. The maximum atomic E-state index is 12.9. The van der Waals surface area contributed by atoms with E-state index in [1.807, 2.05) is 53.5 Å². The maximum absolute atomic E-state index is 12.9. The van der Waals surface area contributed by atoms with E-state index in [4.69, 9.17) is 4.74 Å². The molecular weight excluding hydrogens is 376 g/mol. The first-order valence-corrected chi connectivity index (χ1v) is 9.94. The van der Waals surface area contributed by atoms with Crippen molar-refractivity contribution in [1.29, 1.82) is 0 Å². The van der Waals surface area contributed by atoms with Crippen molar-refractivity contribution < 1.29 is 9.53 Å². The molecule has 146 valence electrons. The molecule has 1 saturated heterocycles. The SMILES string of the molecule is CN(C)c1ccc(OC2CCN(C(=O)c3cc(-c4cccs4)nn3C)C2)nn1. The van der Waals surface area contributed by atoms with Gasteiger partial charge in [0.25, 0.3) is 5.91 Å². The summed E-state index contributed by atoms with van der Waals surface area (Å²) in [6, 6.07) is 9.51. The van der Waals surface area contributed by atoms with Gasteiger partial charge in [0.15, 0.2) is 5.82 Å². The summed E-state index contributed by atoms with van der Waals surface area (Å²) in [6.07, 6.45) is 0.673. The minimum Gasteiger partial charge on any atom is -0.471 e. The van der Waals surface area contributed by atoms with Crippen molar-refractivity contribution >= 4 is 23.1 Å². The molecule has 0 aliphatic carbocycles. The Bertz CT molecular complexity index is 951. The predicted molar refractivity (Wildman–Crippen MR) is 108 cm³/mol. The van der Waals surface area contributed by atoms with E-state index in [1.54, 1.807) is 29.1 Å². The van der Waals surface area contributed by atoms with Crippen molar-refractivity contribution in [2.45, 2.75) is 12.5 Å². The first kappa shape index (κ1) is 18.4. The molecule has 3 aromatic rings. The standard InChI is InChI=1S/C19H22N6O2S/c1-23(2)17-6-7-18(21-20-17)27-13-8-9-25(12-13)19(26)15-11-14(22-24(15)3)16-5-4-10-28-16/h4-7,10-11,13H,8-9,12H2,1-3H3. The van der Waals surface area contributed by atoms with E-state index in [-0.39, 0.29) is 12.0 Å². The van der Waals surface area contributed by atoms with Crippen LogP contribution in [-0.2, 0) is 7.05 Å². The summed E-state index contributed by atoms with van der Waals surface area (Å²) in [5.74, 6) is 1.22. The van der Waals surface area contributed by atoms with E-state index < -0.39 is 0 Å². The molecule has 1 unspecified atom stereocenters. The fourth-order valence-electron chi connectivity index (χ4n) is 3.17. The second-order valence-electron chi connectivity index (χ2n) is 6.92. The van der Waals surface area contributed by atoms with E-state index >= 15 is 0 Å². The van der Waals surface area contributed by atoms with Crippen LogP contribution in [0.2, 0.25) is 0 Å². The van der Waals surface area contributed by atoms with Gasteiger partial charge in [0.1, 0.15) is 17.5 Å². The molecule has 1 amide bonds.